The van der Waals surface area contributed by atoms with Crippen LogP contribution in [0.25, 0.3) is 10.9 Å². The number of carboxylic acids is 1. The maximum atomic E-state index is 12.8. The second-order valence-corrected chi connectivity index (χ2v) is 6.63. The molecule has 0 radical (unpaired) electrons. The van der Waals surface area contributed by atoms with E-state index >= 15 is 0 Å². The molecule has 0 saturated carbocycles. The van der Waals surface area contributed by atoms with Crippen molar-refractivity contribution in [1.82, 2.24) is 3.97 Å². The van der Waals surface area contributed by atoms with Gasteiger partial charge >= 0.3 is 5.97 Å². The third kappa shape index (κ3) is 2.35. The highest BCUT2D eigenvalue weighted by Crippen LogP contribution is 2.32. The van der Waals surface area contributed by atoms with Crippen molar-refractivity contribution in [3.05, 3.63) is 60.3 Å². The lowest BCUT2D eigenvalue weighted by atomic mass is 10.1. The van der Waals surface area contributed by atoms with Crippen LogP contribution in [0.4, 0.5) is 0 Å². The Balaban J connectivity index is 2.38. The fraction of sp³-hybridized carbons (Fsp3) is 0.0625. The third-order valence-corrected chi connectivity index (χ3v) is 5.20. The van der Waals surface area contributed by atoms with Crippen LogP contribution in [0.2, 0.25) is 0 Å². The number of rotatable bonds is 4. The zero-order chi connectivity index (χ0) is 16.6. The summed E-state index contributed by atoms with van der Waals surface area (Å²) in [5, 5.41) is 9.64. The number of nitrogens with zero attached hydrogens (tertiary/aromatic N) is 1. The van der Waals surface area contributed by atoms with Gasteiger partial charge in [-0.3, -0.25) is 0 Å². The number of aromatic nitrogens is 1. The van der Waals surface area contributed by atoms with Crippen LogP contribution in [0.5, 0.6) is 5.75 Å². The van der Waals surface area contributed by atoms with E-state index in [-0.39, 0.29) is 21.4 Å². The van der Waals surface area contributed by atoms with Gasteiger partial charge in [0, 0.05) is 6.20 Å². The standard InChI is InChI=1S/C16H13NO5S/c1-22-14-9-5-8-13-15(14)12(16(18)19)10-17(13)23(20,21)11-6-3-2-4-7-11/h2-10H,1H3,(H,18,19). The van der Waals surface area contributed by atoms with Crippen molar-refractivity contribution in [2.24, 2.45) is 0 Å². The average molecular weight is 331 g/mol. The molecule has 0 aliphatic carbocycles. The summed E-state index contributed by atoms with van der Waals surface area (Å²) in [6.07, 6.45) is 1.11. The first kappa shape index (κ1) is 15.1. The smallest absolute Gasteiger partial charge is 0.338 e. The predicted molar refractivity (Wildman–Crippen MR) is 84.5 cm³/mol. The zero-order valence-corrected chi connectivity index (χ0v) is 12.9. The van der Waals surface area contributed by atoms with Gasteiger partial charge in [-0.2, -0.15) is 0 Å². The molecule has 0 unspecified atom stereocenters. The second kappa shape index (κ2) is 5.44. The molecule has 6 nitrogen and oxygen atoms in total. The number of methoxy groups -OCH3 is 1. The van der Waals surface area contributed by atoms with Crippen molar-refractivity contribution in [1.29, 1.82) is 0 Å². The summed E-state index contributed by atoms with van der Waals surface area (Å²) in [5.41, 5.74) is 0.127. The summed E-state index contributed by atoms with van der Waals surface area (Å²) >= 11 is 0. The van der Waals surface area contributed by atoms with E-state index in [1.165, 1.54) is 19.2 Å². The molecule has 2 aromatic carbocycles. The molecule has 1 N–H and O–H groups in total. The van der Waals surface area contributed by atoms with Crippen LogP contribution in [-0.4, -0.2) is 30.6 Å². The fourth-order valence-corrected chi connectivity index (χ4v) is 3.85. The first-order valence-electron chi connectivity index (χ1n) is 6.69. The summed E-state index contributed by atoms with van der Waals surface area (Å²) in [5.74, 6) is -0.913. The third-order valence-electron chi connectivity index (χ3n) is 3.51. The number of carboxylic acid groups (broad SMARTS) is 1. The predicted octanol–water partition coefficient (Wildman–Crippen LogP) is 2.59. The summed E-state index contributed by atoms with van der Waals surface area (Å²) in [6.45, 7) is 0. The highest BCUT2D eigenvalue weighted by atomic mass is 32.2. The van der Waals surface area contributed by atoms with E-state index in [2.05, 4.69) is 0 Å². The Kier molecular flexibility index (Phi) is 3.57. The van der Waals surface area contributed by atoms with Gasteiger partial charge in [0.05, 0.1) is 28.5 Å². The van der Waals surface area contributed by atoms with Crippen molar-refractivity contribution in [2.45, 2.75) is 4.90 Å². The number of hydrogen-bond donors (Lipinski definition) is 1. The van der Waals surface area contributed by atoms with Gasteiger partial charge in [0.2, 0.25) is 0 Å². The lowest BCUT2D eigenvalue weighted by molar-refractivity contribution is 0.0699. The molecular formula is C16H13NO5S. The summed E-state index contributed by atoms with van der Waals surface area (Å²) < 4.78 is 31.8. The van der Waals surface area contributed by atoms with Gasteiger partial charge in [-0.1, -0.05) is 24.3 Å². The first-order chi connectivity index (χ1) is 11.0. The Morgan fingerprint density at radius 2 is 1.78 bits per heavy atom. The SMILES string of the molecule is COc1cccc2c1c(C(=O)O)cn2S(=O)(=O)c1ccccc1. The lowest BCUT2D eigenvalue weighted by Crippen LogP contribution is -2.11. The molecule has 0 bridgehead atoms. The molecule has 118 valence electrons. The van der Waals surface area contributed by atoms with Gasteiger partial charge in [-0.15, -0.1) is 0 Å². The van der Waals surface area contributed by atoms with E-state index in [9.17, 15) is 18.3 Å². The number of fused-ring (bicyclic) bond motifs is 1. The minimum Gasteiger partial charge on any atom is -0.496 e. The van der Waals surface area contributed by atoms with Crippen molar-refractivity contribution >= 4 is 26.9 Å². The van der Waals surface area contributed by atoms with Crippen LogP contribution in [0.15, 0.2) is 59.6 Å². The Labute approximate surface area is 132 Å². The van der Waals surface area contributed by atoms with Crippen molar-refractivity contribution in [3.8, 4) is 5.75 Å². The number of benzene rings is 2. The Bertz CT molecular complexity index is 990. The Morgan fingerprint density at radius 1 is 1.09 bits per heavy atom. The topological polar surface area (TPSA) is 85.6 Å². The fourth-order valence-electron chi connectivity index (χ4n) is 2.46. The molecule has 0 amide bonds. The van der Waals surface area contributed by atoms with Crippen molar-refractivity contribution < 1.29 is 23.1 Å². The molecule has 0 atom stereocenters. The van der Waals surface area contributed by atoms with E-state index in [4.69, 9.17) is 4.74 Å². The first-order valence-corrected chi connectivity index (χ1v) is 8.13. The maximum Gasteiger partial charge on any atom is 0.338 e. The van der Waals surface area contributed by atoms with Crippen LogP contribution in [0, 0.1) is 0 Å². The van der Waals surface area contributed by atoms with Crippen LogP contribution >= 0.6 is 0 Å². The number of ether oxygens (including phenoxy) is 1. The monoisotopic (exact) mass is 331 g/mol. The van der Waals surface area contributed by atoms with Gasteiger partial charge in [-0.05, 0) is 24.3 Å². The van der Waals surface area contributed by atoms with Crippen molar-refractivity contribution in [2.75, 3.05) is 7.11 Å². The largest absolute Gasteiger partial charge is 0.496 e. The zero-order valence-electron chi connectivity index (χ0n) is 12.1. The highest BCUT2D eigenvalue weighted by molar-refractivity contribution is 7.90. The van der Waals surface area contributed by atoms with Gasteiger partial charge in [0.15, 0.2) is 0 Å². The van der Waals surface area contributed by atoms with Crippen LogP contribution in [0.3, 0.4) is 0 Å². The van der Waals surface area contributed by atoms with Gasteiger partial charge < -0.3 is 9.84 Å². The van der Waals surface area contributed by atoms with Crippen molar-refractivity contribution in [3.63, 3.8) is 0 Å². The van der Waals surface area contributed by atoms with E-state index in [0.717, 1.165) is 10.2 Å². The van der Waals surface area contributed by atoms with Crippen LogP contribution < -0.4 is 4.74 Å². The van der Waals surface area contributed by atoms with E-state index in [0.29, 0.717) is 5.75 Å². The van der Waals surface area contributed by atoms with E-state index in [1.807, 2.05) is 0 Å². The quantitative estimate of drug-likeness (QED) is 0.794. The lowest BCUT2D eigenvalue weighted by Gasteiger charge is -2.08. The van der Waals surface area contributed by atoms with Crippen LogP contribution in [0.1, 0.15) is 10.4 Å². The molecule has 0 aliphatic rings. The molecule has 3 aromatic rings. The molecule has 1 aromatic heterocycles. The minimum atomic E-state index is -3.91. The molecule has 0 spiro atoms. The Morgan fingerprint density at radius 3 is 2.39 bits per heavy atom. The molecule has 7 heteroatoms. The van der Waals surface area contributed by atoms with Crippen LogP contribution in [-0.2, 0) is 10.0 Å². The van der Waals surface area contributed by atoms with Gasteiger partial charge in [0.25, 0.3) is 10.0 Å². The maximum absolute atomic E-state index is 12.8. The molecule has 0 saturated heterocycles. The number of hydrogen-bond acceptors (Lipinski definition) is 4. The molecule has 3 rings (SSSR count). The number of carbonyl (C=O) groups is 1. The molecule has 0 aliphatic heterocycles. The van der Waals surface area contributed by atoms with E-state index in [1.54, 1.807) is 36.4 Å². The molecule has 1 heterocycles. The van der Waals surface area contributed by atoms with E-state index < -0.39 is 16.0 Å². The normalized spacial score (nSPS) is 11.5. The van der Waals surface area contributed by atoms with Gasteiger partial charge in [-0.25, -0.2) is 17.2 Å². The Hall–Kier alpha value is -2.80. The molecular weight excluding hydrogens is 318 g/mol. The molecule has 23 heavy (non-hydrogen) atoms. The van der Waals surface area contributed by atoms with Gasteiger partial charge in [0.1, 0.15) is 5.75 Å². The highest BCUT2D eigenvalue weighted by Gasteiger charge is 2.25. The minimum absolute atomic E-state index is 0.0802. The number of aromatic carboxylic acids is 1. The second-order valence-electron chi connectivity index (χ2n) is 4.82. The summed E-state index contributed by atoms with van der Waals surface area (Å²) in [7, 11) is -2.50. The molecule has 0 fully saturated rings. The summed E-state index contributed by atoms with van der Waals surface area (Å²) in [4.78, 5) is 11.6. The summed E-state index contributed by atoms with van der Waals surface area (Å²) in [6, 6.07) is 12.6. The average Bonchev–Trinajstić information content (AvgIpc) is 2.96.